The molecule has 0 atom stereocenters. The molecule has 0 saturated carbocycles. The van der Waals surface area contributed by atoms with Gasteiger partial charge in [0.1, 0.15) is 17.2 Å². The first-order valence-corrected chi connectivity index (χ1v) is 8.23. The van der Waals surface area contributed by atoms with E-state index in [1.807, 2.05) is 18.2 Å². The summed E-state index contributed by atoms with van der Waals surface area (Å²) in [6.45, 7) is -0.0933. The van der Waals surface area contributed by atoms with E-state index in [-0.39, 0.29) is 35.0 Å². The van der Waals surface area contributed by atoms with Crippen LogP contribution < -0.4 is 5.43 Å². The number of H-pyrrole nitrogens is 1. The Labute approximate surface area is 157 Å². The van der Waals surface area contributed by atoms with Crippen molar-refractivity contribution in [3.05, 3.63) is 75.8 Å². The number of amides is 1. The summed E-state index contributed by atoms with van der Waals surface area (Å²) in [5.74, 6) is -0.450. The van der Waals surface area contributed by atoms with Crippen LogP contribution in [0.2, 0.25) is 0 Å². The third-order valence-corrected chi connectivity index (χ3v) is 4.31. The Kier molecular flexibility index (Phi) is 4.00. The molecule has 10 heteroatoms. The highest BCUT2D eigenvalue weighted by Gasteiger charge is 2.31. The number of nitro benzene ring substituents is 1. The number of nitrogens with one attached hydrogen (secondary N) is 3. The van der Waals surface area contributed by atoms with E-state index in [4.69, 9.17) is 5.41 Å². The highest BCUT2D eigenvalue weighted by atomic mass is 16.6. The molecule has 0 fully saturated rings. The van der Waals surface area contributed by atoms with E-state index in [0.717, 1.165) is 5.52 Å². The molecule has 0 bridgehead atoms. The van der Waals surface area contributed by atoms with Crippen LogP contribution in [0.1, 0.15) is 16.2 Å². The molecule has 140 valence electrons. The van der Waals surface area contributed by atoms with Crippen molar-refractivity contribution in [3.8, 4) is 0 Å². The monoisotopic (exact) mass is 378 g/mol. The van der Waals surface area contributed by atoms with Gasteiger partial charge in [0, 0.05) is 17.7 Å². The summed E-state index contributed by atoms with van der Waals surface area (Å²) in [6.07, 6.45) is 0. The van der Waals surface area contributed by atoms with Crippen molar-refractivity contribution in [1.29, 1.82) is 5.41 Å². The number of hydrogen-bond donors (Lipinski definition) is 4. The average Bonchev–Trinajstić information content (AvgIpc) is 3.22. The van der Waals surface area contributed by atoms with Gasteiger partial charge >= 0.3 is 0 Å². The quantitative estimate of drug-likeness (QED) is 0.405. The molecule has 0 saturated heterocycles. The molecule has 1 aliphatic heterocycles. The van der Waals surface area contributed by atoms with Crippen LogP contribution in [0.15, 0.2) is 54.3 Å². The molecule has 4 rings (SSSR count). The number of benzene rings is 2. The van der Waals surface area contributed by atoms with Gasteiger partial charge in [0.25, 0.3) is 11.6 Å². The number of hydrogen-bond acceptors (Lipinski definition) is 6. The summed E-state index contributed by atoms with van der Waals surface area (Å²) in [4.78, 5) is 29.9. The molecule has 0 spiro atoms. The van der Waals surface area contributed by atoms with Gasteiger partial charge < -0.3 is 10.1 Å². The Bertz CT molecular complexity index is 1120. The topological polar surface area (TPSA) is 148 Å². The van der Waals surface area contributed by atoms with Crippen molar-refractivity contribution < 1.29 is 14.8 Å². The van der Waals surface area contributed by atoms with Crippen LogP contribution in [0.4, 0.5) is 5.69 Å². The van der Waals surface area contributed by atoms with Crippen LogP contribution in [-0.4, -0.2) is 43.3 Å². The lowest BCUT2D eigenvalue weighted by Gasteiger charge is -2.19. The Morgan fingerprint density at radius 3 is 2.64 bits per heavy atom. The smallest absolute Gasteiger partial charge is 0.269 e. The summed E-state index contributed by atoms with van der Waals surface area (Å²) in [5, 5.41) is 30.5. The molecule has 0 unspecified atom stereocenters. The number of amidine groups is 1. The molecule has 1 aliphatic rings. The minimum Gasteiger partial charge on any atom is -0.509 e. The van der Waals surface area contributed by atoms with Crippen LogP contribution in [0.3, 0.4) is 0 Å². The number of aromatic amines is 1. The van der Waals surface area contributed by atoms with E-state index < -0.39 is 10.8 Å². The molecular weight excluding hydrogens is 364 g/mol. The Balaban J connectivity index is 1.52. The Hall–Kier alpha value is -4.21. The normalized spacial score (nSPS) is 14.0. The second kappa shape index (κ2) is 6.50. The Morgan fingerprint density at radius 1 is 1.25 bits per heavy atom. The number of carbonyl (C=O) groups excluding carboxylic acids is 1. The van der Waals surface area contributed by atoms with E-state index in [9.17, 15) is 20.0 Å². The molecule has 10 nitrogen and oxygen atoms in total. The average molecular weight is 378 g/mol. The van der Waals surface area contributed by atoms with Crippen molar-refractivity contribution in [2.24, 2.45) is 0 Å². The Morgan fingerprint density at radius 2 is 1.96 bits per heavy atom. The summed E-state index contributed by atoms with van der Waals surface area (Å²) in [5.41, 5.74) is 4.23. The predicted octanol–water partition coefficient (Wildman–Crippen LogP) is 2.38. The standard InChI is InChI=1S/C18H14N6O4/c19-16-15(17-20-12-3-1-2-4-13(12)21-17)14(25)9-23(16)22-18(26)10-5-7-11(8-6-10)24(27)28/h1-8,19,25H,9H2,(H,20,21)(H,22,26). The summed E-state index contributed by atoms with van der Waals surface area (Å²) >= 11 is 0. The zero-order valence-corrected chi connectivity index (χ0v) is 14.3. The van der Waals surface area contributed by atoms with Gasteiger partial charge in [0.2, 0.25) is 0 Å². The highest BCUT2D eigenvalue weighted by Crippen LogP contribution is 2.26. The molecular formula is C18H14N6O4. The zero-order valence-electron chi connectivity index (χ0n) is 14.3. The summed E-state index contributed by atoms with van der Waals surface area (Å²) < 4.78 is 0. The second-order valence-electron chi connectivity index (χ2n) is 6.10. The lowest BCUT2D eigenvalue weighted by molar-refractivity contribution is -0.384. The number of aromatic nitrogens is 2. The van der Waals surface area contributed by atoms with Crippen LogP contribution >= 0.6 is 0 Å². The molecule has 1 aromatic heterocycles. The van der Waals surface area contributed by atoms with Crippen LogP contribution in [0, 0.1) is 15.5 Å². The van der Waals surface area contributed by atoms with Gasteiger partial charge in [0.05, 0.1) is 22.5 Å². The number of fused-ring (bicyclic) bond motifs is 1. The van der Waals surface area contributed by atoms with Gasteiger partial charge in [0.15, 0.2) is 5.84 Å². The largest absolute Gasteiger partial charge is 0.509 e. The summed E-state index contributed by atoms with van der Waals surface area (Å²) in [7, 11) is 0. The number of carbonyl (C=O) groups is 1. The van der Waals surface area contributed by atoms with E-state index in [0.29, 0.717) is 11.3 Å². The number of non-ortho nitro benzene ring substituents is 1. The first-order valence-electron chi connectivity index (χ1n) is 8.23. The van der Waals surface area contributed by atoms with Crippen LogP contribution in [0.5, 0.6) is 0 Å². The lowest BCUT2D eigenvalue weighted by atomic mass is 10.2. The van der Waals surface area contributed by atoms with Crippen molar-refractivity contribution >= 4 is 34.0 Å². The maximum absolute atomic E-state index is 12.4. The summed E-state index contributed by atoms with van der Waals surface area (Å²) in [6, 6.07) is 12.4. The van der Waals surface area contributed by atoms with Crippen molar-refractivity contribution in [2.45, 2.75) is 0 Å². The number of aliphatic hydroxyl groups is 1. The fourth-order valence-electron chi connectivity index (χ4n) is 2.92. The number of aliphatic hydroxyl groups excluding tert-OH is 1. The first-order chi connectivity index (χ1) is 13.4. The molecule has 2 heterocycles. The maximum atomic E-state index is 12.4. The first kappa shape index (κ1) is 17.2. The van der Waals surface area contributed by atoms with Crippen LogP contribution in [0.25, 0.3) is 16.6 Å². The van der Waals surface area contributed by atoms with Crippen molar-refractivity contribution in [3.63, 3.8) is 0 Å². The van der Waals surface area contributed by atoms with Crippen LogP contribution in [-0.2, 0) is 0 Å². The molecule has 1 amide bonds. The third-order valence-electron chi connectivity index (χ3n) is 4.31. The molecule has 2 aromatic carbocycles. The molecule has 0 radical (unpaired) electrons. The SMILES string of the molecule is N=C1C(c2nc3ccccc3[nH]2)=C(O)CN1NC(=O)c1ccc([N+](=O)[O-])cc1. The molecule has 0 aliphatic carbocycles. The van der Waals surface area contributed by atoms with Crippen molar-refractivity contribution in [2.75, 3.05) is 6.54 Å². The fourth-order valence-corrected chi connectivity index (χ4v) is 2.92. The van der Waals surface area contributed by atoms with E-state index in [2.05, 4.69) is 15.4 Å². The van der Waals surface area contributed by atoms with Gasteiger partial charge in [-0.2, -0.15) is 0 Å². The van der Waals surface area contributed by atoms with E-state index >= 15 is 0 Å². The fraction of sp³-hybridized carbons (Fsp3) is 0.0556. The third kappa shape index (κ3) is 2.92. The minimum absolute atomic E-state index is 0.0933. The number of hydrazine groups is 1. The van der Waals surface area contributed by atoms with Crippen molar-refractivity contribution in [1.82, 2.24) is 20.4 Å². The predicted molar refractivity (Wildman–Crippen MR) is 101 cm³/mol. The highest BCUT2D eigenvalue weighted by molar-refractivity contribution is 6.23. The number of nitrogens with zero attached hydrogens (tertiary/aromatic N) is 3. The van der Waals surface area contributed by atoms with Gasteiger partial charge in [-0.25, -0.2) is 4.98 Å². The zero-order chi connectivity index (χ0) is 19.8. The van der Waals surface area contributed by atoms with Gasteiger partial charge in [-0.05, 0) is 24.3 Å². The number of nitro groups is 1. The van der Waals surface area contributed by atoms with Gasteiger partial charge in [-0.1, -0.05) is 12.1 Å². The van der Waals surface area contributed by atoms with Gasteiger partial charge in [-0.3, -0.25) is 30.8 Å². The van der Waals surface area contributed by atoms with E-state index in [1.165, 1.54) is 29.3 Å². The molecule has 3 aromatic rings. The van der Waals surface area contributed by atoms with Gasteiger partial charge in [-0.15, -0.1) is 0 Å². The lowest BCUT2D eigenvalue weighted by Crippen LogP contribution is -2.43. The maximum Gasteiger partial charge on any atom is 0.269 e. The number of rotatable bonds is 4. The second-order valence-corrected chi connectivity index (χ2v) is 6.10. The number of para-hydroxylation sites is 2. The molecule has 4 N–H and O–H groups in total. The minimum atomic E-state index is -0.557. The molecule has 28 heavy (non-hydrogen) atoms. The van der Waals surface area contributed by atoms with E-state index in [1.54, 1.807) is 6.07 Å². The number of imidazole rings is 1.